The Balaban J connectivity index is 5.22. The quantitative estimate of drug-likeness (QED) is 0.0222. The average Bonchev–Trinajstić information content (AvgIpc) is 1.40. The molecular formula is C78H152O17P2. The summed E-state index contributed by atoms with van der Waals surface area (Å²) < 4.78 is 68.6. The van der Waals surface area contributed by atoms with E-state index in [4.69, 9.17) is 37.0 Å². The molecule has 0 aromatic heterocycles. The summed E-state index contributed by atoms with van der Waals surface area (Å²) in [6.45, 7) is 7.26. The first-order valence-electron chi connectivity index (χ1n) is 40.6. The number of unbranched alkanes of at least 4 members (excludes halogenated alkanes) is 50. The van der Waals surface area contributed by atoms with Crippen LogP contribution in [0.4, 0.5) is 0 Å². The van der Waals surface area contributed by atoms with Gasteiger partial charge in [-0.1, -0.05) is 362 Å². The normalized spacial score (nSPS) is 13.9. The topological polar surface area (TPSA) is 237 Å². The summed E-state index contributed by atoms with van der Waals surface area (Å²) in [6.07, 6.45) is 61.1. The van der Waals surface area contributed by atoms with E-state index < -0.39 is 97.5 Å². The van der Waals surface area contributed by atoms with Gasteiger partial charge in [-0.25, -0.2) is 9.13 Å². The zero-order valence-corrected chi connectivity index (χ0v) is 65.0. The molecule has 0 radical (unpaired) electrons. The molecule has 0 amide bonds. The van der Waals surface area contributed by atoms with Crippen LogP contribution < -0.4 is 0 Å². The van der Waals surface area contributed by atoms with Gasteiger partial charge in [0.25, 0.3) is 0 Å². The fourth-order valence-electron chi connectivity index (χ4n) is 12.1. The molecule has 0 aliphatic heterocycles. The maximum atomic E-state index is 13.1. The van der Waals surface area contributed by atoms with Gasteiger partial charge in [0.1, 0.15) is 19.3 Å². The van der Waals surface area contributed by atoms with E-state index in [9.17, 15) is 43.2 Å². The first-order valence-corrected chi connectivity index (χ1v) is 43.6. The highest BCUT2D eigenvalue weighted by Gasteiger charge is 2.30. The van der Waals surface area contributed by atoms with Crippen LogP contribution in [0, 0.1) is 5.92 Å². The van der Waals surface area contributed by atoms with E-state index in [1.807, 2.05) is 0 Å². The molecule has 97 heavy (non-hydrogen) atoms. The fraction of sp³-hybridized carbons (Fsp3) is 0.949. The zero-order chi connectivity index (χ0) is 71.2. The molecular weight excluding hydrogens is 1270 g/mol. The Morgan fingerprint density at radius 1 is 0.278 bits per heavy atom. The van der Waals surface area contributed by atoms with Crippen LogP contribution in [0.1, 0.15) is 413 Å². The van der Waals surface area contributed by atoms with Gasteiger partial charge in [-0.2, -0.15) is 0 Å². The molecule has 0 aromatic rings. The third kappa shape index (κ3) is 72.2. The molecule has 19 heteroatoms. The highest BCUT2D eigenvalue weighted by molar-refractivity contribution is 7.47. The molecule has 17 nitrogen and oxygen atoms in total. The number of hydrogen-bond acceptors (Lipinski definition) is 15. The molecule has 0 saturated carbocycles. The summed E-state index contributed by atoms with van der Waals surface area (Å²) >= 11 is 0. The fourth-order valence-corrected chi connectivity index (χ4v) is 13.6. The van der Waals surface area contributed by atoms with Gasteiger partial charge in [0, 0.05) is 25.7 Å². The van der Waals surface area contributed by atoms with Crippen LogP contribution in [-0.2, 0) is 65.4 Å². The Morgan fingerprint density at radius 2 is 0.474 bits per heavy atom. The molecule has 0 heterocycles. The van der Waals surface area contributed by atoms with Crippen molar-refractivity contribution in [2.45, 2.75) is 432 Å². The van der Waals surface area contributed by atoms with Gasteiger partial charge < -0.3 is 33.8 Å². The first-order chi connectivity index (χ1) is 47.0. The van der Waals surface area contributed by atoms with Gasteiger partial charge in [0.05, 0.1) is 26.4 Å². The van der Waals surface area contributed by atoms with Gasteiger partial charge in [-0.05, 0) is 31.6 Å². The number of phosphoric ester groups is 2. The van der Waals surface area contributed by atoms with Crippen molar-refractivity contribution < 1.29 is 80.2 Å². The van der Waals surface area contributed by atoms with E-state index in [-0.39, 0.29) is 25.7 Å². The summed E-state index contributed by atoms with van der Waals surface area (Å²) in [6, 6.07) is 0. The van der Waals surface area contributed by atoms with Crippen molar-refractivity contribution in [3.8, 4) is 0 Å². The summed E-state index contributed by atoms with van der Waals surface area (Å²) in [5, 5.41) is 10.6. The number of esters is 4. The van der Waals surface area contributed by atoms with E-state index in [0.29, 0.717) is 25.7 Å². The first kappa shape index (κ1) is 95.1. The SMILES string of the molecule is CCCCCCCCCCCCCCCCCCCCC(=O)OC[C@H](COP(=O)(O)OC[C@@H](O)COP(=O)(O)OC[C@@H](COC(=O)CCCCCCCCCCCC)OC(=O)CCCCCCCCCCC(C)C)OC(=O)CCCCCCCCCCCCCCCCCCCC. The maximum Gasteiger partial charge on any atom is 0.472 e. The molecule has 2 unspecified atom stereocenters. The van der Waals surface area contributed by atoms with Crippen LogP contribution in [0.25, 0.3) is 0 Å². The Hall–Kier alpha value is -1.94. The molecule has 0 fully saturated rings. The average molecular weight is 1420 g/mol. The Morgan fingerprint density at radius 3 is 0.701 bits per heavy atom. The van der Waals surface area contributed by atoms with Crippen molar-refractivity contribution in [3.63, 3.8) is 0 Å². The summed E-state index contributed by atoms with van der Waals surface area (Å²) in [4.78, 5) is 72.8. The molecule has 3 N–H and O–H groups in total. The lowest BCUT2D eigenvalue weighted by molar-refractivity contribution is -0.161. The number of ether oxygens (including phenoxy) is 4. The van der Waals surface area contributed by atoms with Crippen LogP contribution in [-0.4, -0.2) is 96.7 Å². The minimum absolute atomic E-state index is 0.105. The molecule has 0 bridgehead atoms. The predicted octanol–water partition coefficient (Wildman–Crippen LogP) is 23.3. The second kappa shape index (κ2) is 71.1. The van der Waals surface area contributed by atoms with E-state index in [0.717, 1.165) is 95.8 Å². The Labute approximate surface area is 594 Å². The van der Waals surface area contributed by atoms with Gasteiger partial charge in [-0.3, -0.25) is 37.3 Å². The number of carbonyl (C=O) groups is 4. The Kier molecular flexibility index (Phi) is 69.6. The Bertz CT molecular complexity index is 1860. The molecule has 0 aromatic carbocycles. The molecule has 0 aliphatic carbocycles. The van der Waals surface area contributed by atoms with E-state index in [1.165, 1.54) is 238 Å². The van der Waals surface area contributed by atoms with Crippen LogP contribution in [0.5, 0.6) is 0 Å². The smallest absolute Gasteiger partial charge is 0.462 e. The van der Waals surface area contributed by atoms with Gasteiger partial charge in [0.15, 0.2) is 12.2 Å². The van der Waals surface area contributed by atoms with E-state index in [2.05, 4.69) is 34.6 Å². The molecule has 576 valence electrons. The molecule has 5 atom stereocenters. The largest absolute Gasteiger partial charge is 0.472 e. The van der Waals surface area contributed by atoms with Crippen molar-refractivity contribution in [2.75, 3.05) is 39.6 Å². The van der Waals surface area contributed by atoms with E-state index >= 15 is 0 Å². The van der Waals surface area contributed by atoms with Crippen molar-refractivity contribution in [3.05, 3.63) is 0 Å². The highest BCUT2D eigenvalue weighted by Crippen LogP contribution is 2.45. The van der Waals surface area contributed by atoms with Crippen molar-refractivity contribution in [1.82, 2.24) is 0 Å². The maximum absolute atomic E-state index is 13.1. The van der Waals surface area contributed by atoms with Crippen LogP contribution in [0.15, 0.2) is 0 Å². The number of aliphatic hydroxyl groups is 1. The zero-order valence-electron chi connectivity index (χ0n) is 63.2. The van der Waals surface area contributed by atoms with Gasteiger partial charge >= 0.3 is 39.5 Å². The summed E-state index contributed by atoms with van der Waals surface area (Å²) in [5.74, 6) is -1.39. The minimum atomic E-state index is -4.96. The monoisotopic (exact) mass is 1420 g/mol. The van der Waals surface area contributed by atoms with Gasteiger partial charge in [0.2, 0.25) is 0 Å². The second-order valence-corrected chi connectivity index (χ2v) is 31.5. The number of hydrogen-bond donors (Lipinski definition) is 3. The molecule has 0 aliphatic rings. The lowest BCUT2D eigenvalue weighted by atomic mass is 10.0. The molecule has 0 rings (SSSR count). The van der Waals surface area contributed by atoms with Crippen molar-refractivity contribution >= 4 is 39.5 Å². The number of rotatable bonds is 78. The molecule has 0 saturated heterocycles. The molecule has 0 spiro atoms. The number of carbonyl (C=O) groups excluding carboxylic acids is 4. The standard InChI is InChI=1S/C78H152O17P2/c1-6-9-12-15-18-21-24-26-28-30-32-34-36-38-41-47-52-57-62-76(81)89-67-73(94-77(82)63-58-53-48-42-39-37-35-33-31-29-27-25-22-19-16-13-10-7-2)69-92-96(84,85)90-65-72(79)66-91-97(86,87)93-70-74(68-88-75(80)61-56-51-46-40-23-20-17-14-11-8-3)95-78(83)64-59-54-49-44-43-45-50-55-60-71(4)5/h71-74,79H,6-70H2,1-5H3,(H,84,85)(H,86,87)/t72-,73-,74-/m1/s1. The third-order valence-electron chi connectivity index (χ3n) is 18.3. The lowest BCUT2D eigenvalue weighted by Gasteiger charge is -2.21. The number of aliphatic hydroxyl groups excluding tert-OH is 1. The van der Waals surface area contributed by atoms with E-state index in [1.54, 1.807) is 0 Å². The van der Waals surface area contributed by atoms with Crippen LogP contribution in [0.3, 0.4) is 0 Å². The third-order valence-corrected chi connectivity index (χ3v) is 20.2. The summed E-state index contributed by atoms with van der Waals surface area (Å²) in [5.41, 5.74) is 0. The summed E-state index contributed by atoms with van der Waals surface area (Å²) in [7, 11) is -9.91. The van der Waals surface area contributed by atoms with Crippen molar-refractivity contribution in [1.29, 1.82) is 0 Å². The van der Waals surface area contributed by atoms with Crippen LogP contribution in [0.2, 0.25) is 0 Å². The predicted molar refractivity (Wildman–Crippen MR) is 395 cm³/mol. The van der Waals surface area contributed by atoms with Crippen molar-refractivity contribution in [2.24, 2.45) is 5.92 Å². The van der Waals surface area contributed by atoms with Crippen LogP contribution >= 0.6 is 15.6 Å². The minimum Gasteiger partial charge on any atom is -0.462 e. The number of phosphoric acid groups is 2. The van der Waals surface area contributed by atoms with Gasteiger partial charge in [-0.15, -0.1) is 0 Å². The lowest BCUT2D eigenvalue weighted by Crippen LogP contribution is -2.30. The second-order valence-electron chi connectivity index (χ2n) is 28.6. The highest BCUT2D eigenvalue weighted by atomic mass is 31.2.